The number of rotatable bonds is 5. The first kappa shape index (κ1) is 20.6. The van der Waals surface area contributed by atoms with Crippen molar-refractivity contribution in [3.8, 4) is 0 Å². The molecule has 3 atom stereocenters. The zero-order valence-corrected chi connectivity index (χ0v) is 19.5. The third-order valence-electron chi connectivity index (χ3n) is 7.56. The summed E-state index contributed by atoms with van der Waals surface area (Å²) in [5, 5.41) is 14.2. The van der Waals surface area contributed by atoms with Gasteiger partial charge in [0, 0.05) is 30.3 Å². The van der Waals surface area contributed by atoms with Gasteiger partial charge in [0.15, 0.2) is 0 Å². The number of allylic oxidation sites excluding steroid dienone is 1. The zero-order chi connectivity index (χ0) is 21.9. The van der Waals surface area contributed by atoms with Gasteiger partial charge >= 0.3 is 0 Å². The van der Waals surface area contributed by atoms with Crippen LogP contribution in [0.3, 0.4) is 0 Å². The van der Waals surface area contributed by atoms with Crippen LogP contribution in [0.5, 0.6) is 0 Å². The molecule has 6 rings (SSSR count). The molecule has 32 heavy (non-hydrogen) atoms. The van der Waals surface area contributed by atoms with Crippen molar-refractivity contribution in [2.45, 2.75) is 42.5 Å². The maximum Gasteiger partial charge on any atom is 0.227 e. The second-order valence-corrected chi connectivity index (χ2v) is 11.5. The van der Waals surface area contributed by atoms with E-state index >= 15 is 0 Å². The lowest BCUT2D eigenvalue weighted by atomic mass is 9.77. The molecule has 6 nitrogen and oxygen atoms in total. The summed E-state index contributed by atoms with van der Waals surface area (Å²) in [5.74, 6) is 3.04. The normalized spacial score (nSPS) is 27.6. The minimum atomic E-state index is -1.07. The van der Waals surface area contributed by atoms with Crippen molar-refractivity contribution in [3.63, 3.8) is 0 Å². The van der Waals surface area contributed by atoms with Crippen LogP contribution >= 0.6 is 11.6 Å². The number of aryl methyl sites for hydroxylation is 1. The third-order valence-corrected chi connectivity index (χ3v) is 9.27. The first-order chi connectivity index (χ1) is 15.5. The molecule has 1 saturated carbocycles. The van der Waals surface area contributed by atoms with E-state index in [0.29, 0.717) is 23.4 Å². The predicted molar refractivity (Wildman–Crippen MR) is 128 cm³/mol. The van der Waals surface area contributed by atoms with Crippen molar-refractivity contribution in [3.05, 3.63) is 46.6 Å². The van der Waals surface area contributed by atoms with E-state index in [0.717, 1.165) is 66.8 Å². The van der Waals surface area contributed by atoms with Crippen molar-refractivity contribution in [1.82, 2.24) is 9.97 Å². The first-order valence-electron chi connectivity index (χ1n) is 11.4. The second kappa shape index (κ2) is 7.82. The quantitative estimate of drug-likeness (QED) is 0.694. The van der Waals surface area contributed by atoms with E-state index in [4.69, 9.17) is 21.6 Å². The van der Waals surface area contributed by atoms with Gasteiger partial charge in [0.25, 0.3) is 0 Å². The predicted octanol–water partition coefficient (Wildman–Crippen LogP) is 3.66. The van der Waals surface area contributed by atoms with E-state index in [2.05, 4.69) is 28.4 Å². The Morgan fingerprint density at radius 1 is 1.22 bits per heavy atom. The van der Waals surface area contributed by atoms with Gasteiger partial charge in [0.1, 0.15) is 10.7 Å². The molecule has 0 unspecified atom stereocenters. The van der Waals surface area contributed by atoms with Crippen LogP contribution in [0.15, 0.2) is 35.2 Å². The van der Waals surface area contributed by atoms with E-state index < -0.39 is 10.8 Å². The van der Waals surface area contributed by atoms with Crippen molar-refractivity contribution in [2.75, 3.05) is 35.7 Å². The Kier molecular flexibility index (Phi) is 5.04. The molecule has 0 radical (unpaired) electrons. The monoisotopic (exact) mass is 470 g/mol. The Hall–Kier alpha value is -1.96. The largest absolute Gasteiger partial charge is 0.394 e. The lowest BCUT2D eigenvalue weighted by Gasteiger charge is -2.41. The molecule has 4 aliphatic rings. The summed E-state index contributed by atoms with van der Waals surface area (Å²) in [6, 6.07) is 8.12. The number of benzene rings is 1. The average molecular weight is 471 g/mol. The fourth-order valence-electron chi connectivity index (χ4n) is 5.54. The molecule has 1 saturated heterocycles. The smallest absolute Gasteiger partial charge is 0.227 e. The third kappa shape index (κ3) is 3.45. The van der Waals surface area contributed by atoms with Gasteiger partial charge in [0.2, 0.25) is 5.95 Å². The molecule has 8 heteroatoms. The summed E-state index contributed by atoms with van der Waals surface area (Å²) in [5.41, 5.74) is 3.23. The summed E-state index contributed by atoms with van der Waals surface area (Å²) in [7, 11) is -1.07. The van der Waals surface area contributed by atoms with Crippen molar-refractivity contribution in [2.24, 2.45) is 11.8 Å². The molecule has 168 valence electrons. The number of nitrogens with one attached hydrogen (secondary N) is 1. The van der Waals surface area contributed by atoms with Crippen LogP contribution in [0, 0.1) is 11.8 Å². The van der Waals surface area contributed by atoms with Crippen LogP contribution in [0.2, 0.25) is 5.02 Å². The minimum Gasteiger partial charge on any atom is -0.394 e. The van der Waals surface area contributed by atoms with E-state index in [1.165, 1.54) is 11.1 Å². The highest BCUT2D eigenvalue weighted by Gasteiger charge is 2.41. The topological polar surface area (TPSA) is 78.4 Å². The number of aliphatic hydroxyl groups excluding tert-OH is 1. The van der Waals surface area contributed by atoms with Gasteiger partial charge in [-0.15, -0.1) is 0 Å². The molecular weight excluding hydrogens is 444 g/mol. The first-order valence-corrected chi connectivity index (χ1v) is 13.1. The number of nitrogens with zero attached hydrogens (tertiary/aromatic N) is 3. The van der Waals surface area contributed by atoms with Gasteiger partial charge in [-0.05, 0) is 60.8 Å². The summed E-state index contributed by atoms with van der Waals surface area (Å²) in [6.07, 6.45) is 7.10. The molecule has 2 aromatic rings. The minimum absolute atomic E-state index is 0.0693. The van der Waals surface area contributed by atoms with Crippen LogP contribution in [0.4, 0.5) is 11.8 Å². The molecule has 0 spiro atoms. The standard InChI is InChI=1S/C24H27ClN4O2S/c25-19-4-2-15(3-5-19)16-10-17-12-29(13-18(17)11-16)23-26-20-6-9-32(31)21(20)22(27-23)28-24(14-30)7-1-8-24/h2-5,10,17-18,30H,1,6-9,11-14H2,(H,26,27,28)/t17-,18+,32-/m1/s1. The number of halogens is 1. The molecule has 1 aromatic heterocycles. The molecule has 0 amide bonds. The number of anilines is 2. The number of aliphatic hydroxyl groups is 1. The fraction of sp³-hybridized carbons (Fsp3) is 0.500. The molecule has 0 bridgehead atoms. The summed E-state index contributed by atoms with van der Waals surface area (Å²) in [6.45, 7) is 1.89. The highest BCUT2D eigenvalue weighted by Crippen LogP contribution is 2.43. The SMILES string of the molecule is O=[S@@]1CCc2nc(N3C[C@@H]4CC(c5ccc(Cl)cc5)=C[C@@H]4C3)nc(NC3(CO)CCC3)c21. The van der Waals surface area contributed by atoms with Crippen LogP contribution in [0.25, 0.3) is 5.57 Å². The van der Waals surface area contributed by atoms with Crippen LogP contribution in [-0.2, 0) is 17.2 Å². The molecular formula is C24H27ClN4O2S. The Labute approximate surface area is 195 Å². The molecule has 1 aromatic carbocycles. The van der Waals surface area contributed by atoms with E-state index in [-0.39, 0.29) is 12.1 Å². The molecule has 3 heterocycles. The number of hydrogen-bond acceptors (Lipinski definition) is 6. The van der Waals surface area contributed by atoms with Gasteiger partial charge in [-0.1, -0.05) is 29.8 Å². The Bertz CT molecular complexity index is 1110. The van der Waals surface area contributed by atoms with E-state index in [1.54, 1.807) is 0 Å². The van der Waals surface area contributed by atoms with Crippen LogP contribution in [-0.4, -0.2) is 50.3 Å². The zero-order valence-electron chi connectivity index (χ0n) is 17.9. The van der Waals surface area contributed by atoms with Crippen LogP contribution in [0.1, 0.15) is 36.9 Å². The maximum atomic E-state index is 12.6. The lowest BCUT2D eigenvalue weighted by Crippen LogP contribution is -2.48. The second-order valence-electron chi connectivity index (χ2n) is 9.60. The van der Waals surface area contributed by atoms with Crippen molar-refractivity contribution < 1.29 is 9.32 Å². The van der Waals surface area contributed by atoms with Gasteiger partial charge in [-0.3, -0.25) is 4.21 Å². The number of aromatic nitrogens is 2. The van der Waals surface area contributed by atoms with Gasteiger partial charge in [-0.2, -0.15) is 4.98 Å². The Morgan fingerprint density at radius 2 is 2.03 bits per heavy atom. The molecule has 2 fully saturated rings. The maximum absolute atomic E-state index is 12.6. The Balaban J connectivity index is 1.26. The summed E-state index contributed by atoms with van der Waals surface area (Å²) >= 11 is 6.05. The average Bonchev–Trinajstić information content (AvgIpc) is 3.44. The summed E-state index contributed by atoms with van der Waals surface area (Å²) < 4.78 is 12.6. The van der Waals surface area contributed by atoms with Crippen molar-refractivity contribution in [1.29, 1.82) is 0 Å². The van der Waals surface area contributed by atoms with Gasteiger partial charge < -0.3 is 15.3 Å². The van der Waals surface area contributed by atoms with Crippen molar-refractivity contribution >= 4 is 39.7 Å². The van der Waals surface area contributed by atoms with E-state index in [1.807, 2.05) is 12.1 Å². The fourth-order valence-corrected chi connectivity index (χ4v) is 6.97. The number of fused-ring (bicyclic) bond motifs is 2. The van der Waals surface area contributed by atoms with Gasteiger partial charge in [-0.25, -0.2) is 4.98 Å². The van der Waals surface area contributed by atoms with E-state index in [9.17, 15) is 9.32 Å². The molecule has 2 N–H and O–H groups in total. The molecule has 2 aliphatic heterocycles. The van der Waals surface area contributed by atoms with Gasteiger partial charge in [0.05, 0.1) is 28.6 Å². The number of hydrogen-bond donors (Lipinski definition) is 2. The highest BCUT2D eigenvalue weighted by atomic mass is 35.5. The molecule has 2 aliphatic carbocycles. The van der Waals surface area contributed by atoms with Crippen LogP contribution < -0.4 is 10.2 Å². The lowest BCUT2D eigenvalue weighted by molar-refractivity contribution is 0.143. The Morgan fingerprint density at radius 3 is 2.72 bits per heavy atom. The highest BCUT2D eigenvalue weighted by molar-refractivity contribution is 7.85. The summed E-state index contributed by atoms with van der Waals surface area (Å²) in [4.78, 5) is 12.7.